The first-order valence-corrected chi connectivity index (χ1v) is 6.77. The van der Waals surface area contributed by atoms with E-state index in [4.69, 9.17) is 16.3 Å². The molecule has 3 nitrogen and oxygen atoms in total. The molecule has 1 atom stereocenters. The van der Waals surface area contributed by atoms with Gasteiger partial charge in [-0.1, -0.05) is 23.8 Å². The average Bonchev–Trinajstić information content (AvgIpc) is 2.39. The van der Waals surface area contributed by atoms with Crippen LogP contribution in [0.15, 0.2) is 30.4 Å². The lowest BCUT2D eigenvalue weighted by Gasteiger charge is -2.25. The molecule has 0 fully saturated rings. The highest BCUT2D eigenvalue weighted by Gasteiger charge is 2.21. The van der Waals surface area contributed by atoms with Crippen LogP contribution in [0.5, 0.6) is 5.75 Å². The highest BCUT2D eigenvalue weighted by molar-refractivity contribution is 6.30. The van der Waals surface area contributed by atoms with E-state index >= 15 is 0 Å². The zero-order chi connectivity index (χ0) is 15.3. The quantitative estimate of drug-likeness (QED) is 0.750. The Morgan fingerprint density at radius 2 is 2.20 bits per heavy atom. The van der Waals surface area contributed by atoms with Crippen molar-refractivity contribution in [3.8, 4) is 5.75 Å². The Labute approximate surface area is 124 Å². The van der Waals surface area contributed by atoms with Crippen LogP contribution in [0.2, 0.25) is 5.02 Å². The highest BCUT2D eigenvalue weighted by atomic mass is 35.5. The third-order valence-corrected chi connectivity index (χ3v) is 3.00. The number of rotatable bonds is 6. The normalized spacial score (nSPS) is 11.8. The van der Waals surface area contributed by atoms with Gasteiger partial charge < -0.3 is 9.64 Å². The van der Waals surface area contributed by atoms with Gasteiger partial charge in [0.1, 0.15) is 11.6 Å². The summed E-state index contributed by atoms with van der Waals surface area (Å²) in [5, 5.41) is -0.0311. The summed E-state index contributed by atoms with van der Waals surface area (Å²) in [6.45, 7) is 10.3. The van der Waals surface area contributed by atoms with E-state index in [0.717, 1.165) is 5.57 Å². The van der Waals surface area contributed by atoms with Gasteiger partial charge in [-0.25, -0.2) is 4.39 Å². The van der Waals surface area contributed by atoms with Crippen LogP contribution >= 0.6 is 11.6 Å². The second-order valence-corrected chi connectivity index (χ2v) is 5.05. The molecule has 0 aliphatic heterocycles. The van der Waals surface area contributed by atoms with Crippen molar-refractivity contribution in [3.05, 3.63) is 41.2 Å². The maximum absolute atomic E-state index is 13.0. The van der Waals surface area contributed by atoms with Gasteiger partial charge in [0, 0.05) is 19.2 Å². The van der Waals surface area contributed by atoms with Crippen molar-refractivity contribution in [2.24, 2.45) is 0 Å². The summed E-state index contributed by atoms with van der Waals surface area (Å²) < 4.78 is 18.6. The molecular formula is C15H19ClFNO2. The van der Waals surface area contributed by atoms with Crippen LogP contribution in [0.1, 0.15) is 20.8 Å². The molecule has 0 spiro atoms. The second kappa shape index (κ2) is 7.29. The molecule has 0 aliphatic carbocycles. The Hall–Kier alpha value is -1.55. The third-order valence-electron chi connectivity index (χ3n) is 2.71. The molecule has 0 saturated carbocycles. The summed E-state index contributed by atoms with van der Waals surface area (Å²) >= 11 is 5.67. The van der Waals surface area contributed by atoms with E-state index in [2.05, 4.69) is 6.58 Å². The molecular weight excluding hydrogens is 281 g/mol. The average molecular weight is 300 g/mol. The molecule has 110 valence electrons. The van der Waals surface area contributed by atoms with Crippen molar-refractivity contribution < 1.29 is 13.9 Å². The Morgan fingerprint density at radius 3 is 2.70 bits per heavy atom. The second-order valence-electron chi connectivity index (χ2n) is 4.65. The summed E-state index contributed by atoms with van der Waals surface area (Å²) in [5.74, 6) is -0.296. The van der Waals surface area contributed by atoms with Crippen molar-refractivity contribution in [3.63, 3.8) is 0 Å². The van der Waals surface area contributed by atoms with Crippen molar-refractivity contribution in [1.29, 1.82) is 0 Å². The van der Waals surface area contributed by atoms with Gasteiger partial charge in [-0.15, -0.1) is 0 Å². The minimum absolute atomic E-state index is 0.0311. The smallest absolute Gasteiger partial charge is 0.263 e. The summed E-state index contributed by atoms with van der Waals surface area (Å²) in [5.41, 5.74) is 0.900. The van der Waals surface area contributed by atoms with Gasteiger partial charge in [0.05, 0.1) is 5.02 Å². The molecule has 1 unspecified atom stereocenters. The Bertz CT molecular complexity index is 505. The van der Waals surface area contributed by atoms with Crippen LogP contribution in [-0.4, -0.2) is 30.0 Å². The molecule has 0 radical (unpaired) electrons. The van der Waals surface area contributed by atoms with Gasteiger partial charge >= 0.3 is 0 Å². The van der Waals surface area contributed by atoms with E-state index < -0.39 is 11.9 Å². The maximum atomic E-state index is 13.0. The molecule has 1 aromatic rings. The number of hydrogen-bond donors (Lipinski definition) is 0. The monoisotopic (exact) mass is 299 g/mol. The minimum atomic E-state index is -0.671. The van der Waals surface area contributed by atoms with E-state index in [1.54, 1.807) is 11.8 Å². The molecule has 0 aliphatic rings. The predicted octanol–water partition coefficient (Wildman–Crippen LogP) is 3.67. The van der Waals surface area contributed by atoms with Gasteiger partial charge in [-0.2, -0.15) is 0 Å². The summed E-state index contributed by atoms with van der Waals surface area (Å²) in [7, 11) is 0. The van der Waals surface area contributed by atoms with Gasteiger partial charge in [0.15, 0.2) is 6.10 Å². The van der Waals surface area contributed by atoms with E-state index in [1.807, 2.05) is 13.8 Å². The van der Waals surface area contributed by atoms with E-state index in [0.29, 0.717) is 18.8 Å². The summed E-state index contributed by atoms with van der Waals surface area (Å²) in [6.07, 6.45) is -0.671. The van der Waals surface area contributed by atoms with E-state index in [-0.39, 0.29) is 10.9 Å². The zero-order valence-electron chi connectivity index (χ0n) is 12.0. The van der Waals surface area contributed by atoms with Crippen molar-refractivity contribution in [2.75, 3.05) is 13.1 Å². The van der Waals surface area contributed by atoms with Crippen LogP contribution in [0.25, 0.3) is 0 Å². The van der Waals surface area contributed by atoms with Crippen LogP contribution < -0.4 is 4.74 Å². The van der Waals surface area contributed by atoms with Crippen LogP contribution in [0.4, 0.5) is 4.39 Å². The maximum Gasteiger partial charge on any atom is 0.263 e. The minimum Gasteiger partial charge on any atom is -0.481 e. The van der Waals surface area contributed by atoms with Crippen LogP contribution in [-0.2, 0) is 4.79 Å². The standard InChI is InChI=1S/C15H19ClFNO2/c1-5-18(9-10(2)3)15(19)11(4)20-12-6-7-14(17)13(16)8-12/h6-8,11H,2,5,9H2,1,3-4H3. The molecule has 0 heterocycles. The van der Waals surface area contributed by atoms with E-state index in [1.165, 1.54) is 18.2 Å². The number of halogens is 2. The highest BCUT2D eigenvalue weighted by Crippen LogP contribution is 2.22. The molecule has 1 rings (SSSR count). The largest absolute Gasteiger partial charge is 0.481 e. The molecule has 0 bridgehead atoms. The molecule has 1 aromatic carbocycles. The molecule has 20 heavy (non-hydrogen) atoms. The molecule has 1 amide bonds. The number of carbonyl (C=O) groups is 1. The molecule has 0 aromatic heterocycles. The third kappa shape index (κ3) is 4.53. The molecule has 5 heteroatoms. The lowest BCUT2D eigenvalue weighted by atomic mass is 10.2. The van der Waals surface area contributed by atoms with E-state index in [9.17, 15) is 9.18 Å². The van der Waals surface area contributed by atoms with Crippen LogP contribution in [0, 0.1) is 5.82 Å². The van der Waals surface area contributed by atoms with Gasteiger partial charge in [-0.3, -0.25) is 4.79 Å². The lowest BCUT2D eigenvalue weighted by molar-refractivity contribution is -0.137. The topological polar surface area (TPSA) is 29.5 Å². The van der Waals surface area contributed by atoms with Crippen LogP contribution in [0.3, 0.4) is 0 Å². The SMILES string of the molecule is C=C(C)CN(CC)C(=O)C(C)Oc1ccc(F)c(Cl)c1. The molecule has 0 saturated heterocycles. The first-order valence-electron chi connectivity index (χ1n) is 6.40. The fraction of sp³-hybridized carbons (Fsp3) is 0.400. The summed E-state index contributed by atoms with van der Waals surface area (Å²) in [6, 6.07) is 4.01. The summed E-state index contributed by atoms with van der Waals surface area (Å²) in [4.78, 5) is 13.9. The van der Waals surface area contributed by atoms with Gasteiger partial charge in [-0.05, 0) is 32.9 Å². The van der Waals surface area contributed by atoms with Crippen molar-refractivity contribution in [1.82, 2.24) is 4.90 Å². The Balaban J connectivity index is 2.73. The number of benzene rings is 1. The van der Waals surface area contributed by atoms with Gasteiger partial charge in [0.2, 0.25) is 0 Å². The number of nitrogens with zero attached hydrogens (tertiary/aromatic N) is 1. The number of hydrogen-bond acceptors (Lipinski definition) is 2. The van der Waals surface area contributed by atoms with Crippen molar-refractivity contribution in [2.45, 2.75) is 26.9 Å². The van der Waals surface area contributed by atoms with Gasteiger partial charge in [0.25, 0.3) is 5.91 Å². The predicted molar refractivity (Wildman–Crippen MR) is 78.6 cm³/mol. The Kier molecular flexibility index (Phi) is 6.02. The number of amides is 1. The lowest BCUT2D eigenvalue weighted by Crippen LogP contribution is -2.41. The first kappa shape index (κ1) is 16.5. The number of carbonyl (C=O) groups excluding carboxylic acids is 1. The van der Waals surface area contributed by atoms with Crippen molar-refractivity contribution >= 4 is 17.5 Å². The fourth-order valence-electron chi connectivity index (χ4n) is 1.73. The number of likely N-dealkylation sites (N-methyl/N-ethyl adjacent to an activating group) is 1. The molecule has 0 N–H and O–H groups in total. The Morgan fingerprint density at radius 1 is 1.55 bits per heavy atom. The first-order chi connectivity index (χ1) is 9.35. The fourth-order valence-corrected chi connectivity index (χ4v) is 1.90. The zero-order valence-corrected chi connectivity index (χ0v) is 12.7. The number of ether oxygens (including phenoxy) is 1.